The number of hydrogen-bond acceptors (Lipinski definition) is 4. The Labute approximate surface area is 146 Å². The maximum absolute atomic E-state index is 12.0. The molecule has 130 valence electrons. The third-order valence-corrected chi connectivity index (χ3v) is 6.09. The second kappa shape index (κ2) is 8.39. The van der Waals surface area contributed by atoms with Crippen molar-refractivity contribution >= 4 is 27.1 Å². The van der Waals surface area contributed by atoms with Gasteiger partial charge in [-0.05, 0) is 11.5 Å². The highest BCUT2D eigenvalue weighted by Gasteiger charge is 2.15. The lowest BCUT2D eigenvalue weighted by Crippen LogP contribution is -2.20. The molecule has 0 fully saturated rings. The maximum atomic E-state index is 12.0. The molecule has 0 radical (unpaired) electrons. The highest BCUT2D eigenvalue weighted by atomic mass is 32.2. The van der Waals surface area contributed by atoms with Gasteiger partial charge in [-0.2, -0.15) is 4.99 Å². The van der Waals surface area contributed by atoms with E-state index in [-0.39, 0.29) is 23.8 Å². The summed E-state index contributed by atoms with van der Waals surface area (Å²) >= 11 is 1.37. The van der Waals surface area contributed by atoms with Crippen LogP contribution in [0.15, 0.2) is 46.9 Å². The molecule has 0 spiro atoms. The largest absolute Gasteiger partial charge is 0.319 e. The molecular weight excluding hydrogens is 344 g/mol. The Kier molecular flexibility index (Phi) is 6.51. The zero-order valence-electron chi connectivity index (χ0n) is 13.9. The molecule has 0 bridgehead atoms. The van der Waals surface area contributed by atoms with E-state index in [0.717, 1.165) is 5.56 Å². The summed E-state index contributed by atoms with van der Waals surface area (Å²) in [4.78, 5) is 16.7. The molecule has 0 unspecified atom stereocenters. The van der Waals surface area contributed by atoms with Crippen molar-refractivity contribution in [2.24, 2.45) is 10.9 Å². The van der Waals surface area contributed by atoms with Crippen LogP contribution in [0.4, 0.5) is 0 Å². The smallest absolute Gasteiger partial charge is 0.249 e. The van der Waals surface area contributed by atoms with E-state index in [4.69, 9.17) is 0 Å². The summed E-state index contributed by atoms with van der Waals surface area (Å²) in [6, 6.07) is 9.89. The minimum Gasteiger partial charge on any atom is -0.319 e. The first-order valence-corrected chi connectivity index (χ1v) is 10.5. The zero-order chi connectivity index (χ0) is 17.6. The monoisotopic (exact) mass is 366 g/mol. The van der Waals surface area contributed by atoms with Gasteiger partial charge in [-0.1, -0.05) is 44.2 Å². The minimum absolute atomic E-state index is 0.0624. The molecule has 1 aromatic heterocycles. The van der Waals surface area contributed by atoms with Crippen molar-refractivity contribution in [2.45, 2.75) is 26.8 Å². The van der Waals surface area contributed by atoms with Crippen LogP contribution in [0.5, 0.6) is 0 Å². The Balaban J connectivity index is 2.04. The van der Waals surface area contributed by atoms with Gasteiger partial charge in [-0.15, -0.1) is 11.3 Å². The van der Waals surface area contributed by atoms with E-state index in [1.807, 2.05) is 60.3 Å². The van der Waals surface area contributed by atoms with Gasteiger partial charge in [-0.25, -0.2) is 8.42 Å². The van der Waals surface area contributed by atoms with Crippen molar-refractivity contribution in [3.8, 4) is 0 Å². The molecule has 0 aliphatic carbocycles. The van der Waals surface area contributed by atoms with E-state index in [2.05, 4.69) is 4.99 Å². The van der Waals surface area contributed by atoms with Crippen molar-refractivity contribution in [1.82, 2.24) is 4.57 Å². The molecule has 0 N–H and O–H groups in total. The number of amides is 1. The van der Waals surface area contributed by atoms with Crippen LogP contribution in [0.25, 0.3) is 0 Å². The summed E-state index contributed by atoms with van der Waals surface area (Å²) in [6.45, 7) is 4.33. The average molecular weight is 367 g/mol. The molecular formula is C17H22N2O3S2. The van der Waals surface area contributed by atoms with E-state index >= 15 is 0 Å². The number of carbonyl (C=O) groups is 1. The number of rotatable bonds is 7. The van der Waals surface area contributed by atoms with Crippen LogP contribution < -0.4 is 4.80 Å². The van der Waals surface area contributed by atoms with E-state index in [1.165, 1.54) is 11.3 Å². The van der Waals surface area contributed by atoms with Gasteiger partial charge in [0.2, 0.25) is 5.91 Å². The lowest BCUT2D eigenvalue weighted by Gasteiger charge is -2.05. The molecule has 0 atom stereocenters. The Bertz CT molecular complexity index is 834. The summed E-state index contributed by atoms with van der Waals surface area (Å²) in [5.74, 6) is -0.371. The van der Waals surface area contributed by atoms with Gasteiger partial charge in [0, 0.05) is 24.5 Å². The van der Waals surface area contributed by atoms with Gasteiger partial charge in [0.15, 0.2) is 14.6 Å². The van der Waals surface area contributed by atoms with Crippen LogP contribution in [0.2, 0.25) is 0 Å². The van der Waals surface area contributed by atoms with Crippen molar-refractivity contribution in [3.05, 3.63) is 52.3 Å². The quantitative estimate of drug-likeness (QED) is 0.756. The van der Waals surface area contributed by atoms with Gasteiger partial charge >= 0.3 is 0 Å². The van der Waals surface area contributed by atoms with E-state index in [1.54, 1.807) is 0 Å². The average Bonchev–Trinajstić information content (AvgIpc) is 2.92. The summed E-state index contributed by atoms with van der Waals surface area (Å²) in [7, 11) is -3.20. The maximum Gasteiger partial charge on any atom is 0.249 e. The SMILES string of the molecule is CC(C)CS(=O)(=O)CCC(=O)N=c1sccn1Cc1ccccc1. The zero-order valence-corrected chi connectivity index (χ0v) is 15.5. The highest BCUT2D eigenvalue weighted by molar-refractivity contribution is 7.91. The van der Waals surface area contributed by atoms with E-state index in [0.29, 0.717) is 11.3 Å². The summed E-state index contributed by atoms with van der Waals surface area (Å²) < 4.78 is 25.6. The summed E-state index contributed by atoms with van der Waals surface area (Å²) in [5, 5.41) is 1.87. The van der Waals surface area contributed by atoms with Gasteiger partial charge < -0.3 is 4.57 Å². The highest BCUT2D eigenvalue weighted by Crippen LogP contribution is 2.04. The van der Waals surface area contributed by atoms with E-state index < -0.39 is 15.7 Å². The fraction of sp³-hybridized carbons (Fsp3) is 0.412. The lowest BCUT2D eigenvalue weighted by atomic mass is 10.2. The Morgan fingerprint density at radius 3 is 2.62 bits per heavy atom. The Morgan fingerprint density at radius 2 is 1.96 bits per heavy atom. The number of carbonyl (C=O) groups excluding carboxylic acids is 1. The molecule has 5 nitrogen and oxygen atoms in total. The van der Waals surface area contributed by atoms with Crippen LogP contribution in [-0.2, 0) is 21.2 Å². The number of thiazole rings is 1. The number of aromatic nitrogens is 1. The third-order valence-electron chi connectivity index (χ3n) is 3.29. The van der Waals surface area contributed by atoms with Crippen LogP contribution in [0, 0.1) is 5.92 Å². The van der Waals surface area contributed by atoms with Gasteiger partial charge in [-0.3, -0.25) is 4.79 Å². The molecule has 0 aliphatic heterocycles. The first-order valence-electron chi connectivity index (χ1n) is 7.81. The predicted molar refractivity (Wildman–Crippen MR) is 96.5 cm³/mol. The summed E-state index contributed by atoms with van der Waals surface area (Å²) in [5.41, 5.74) is 1.12. The number of sulfone groups is 1. The normalized spacial score (nSPS) is 12.7. The van der Waals surface area contributed by atoms with Crippen LogP contribution in [0.1, 0.15) is 25.8 Å². The molecule has 1 amide bonds. The number of benzene rings is 1. The lowest BCUT2D eigenvalue weighted by molar-refractivity contribution is -0.117. The van der Waals surface area contributed by atoms with Crippen LogP contribution >= 0.6 is 11.3 Å². The number of nitrogens with zero attached hydrogens (tertiary/aromatic N) is 2. The van der Waals surface area contributed by atoms with Crippen molar-refractivity contribution in [1.29, 1.82) is 0 Å². The molecule has 2 rings (SSSR count). The minimum atomic E-state index is -3.20. The van der Waals surface area contributed by atoms with Crippen LogP contribution in [-0.4, -0.2) is 30.4 Å². The molecule has 0 aliphatic rings. The molecule has 0 saturated carbocycles. The molecule has 0 saturated heterocycles. The van der Waals surface area contributed by atoms with Gasteiger partial charge in [0.05, 0.1) is 11.5 Å². The number of hydrogen-bond donors (Lipinski definition) is 0. The van der Waals surface area contributed by atoms with Gasteiger partial charge in [0.25, 0.3) is 0 Å². The topological polar surface area (TPSA) is 68.5 Å². The second-order valence-electron chi connectivity index (χ2n) is 6.06. The van der Waals surface area contributed by atoms with Crippen molar-refractivity contribution in [3.63, 3.8) is 0 Å². The van der Waals surface area contributed by atoms with Crippen molar-refractivity contribution in [2.75, 3.05) is 11.5 Å². The molecule has 24 heavy (non-hydrogen) atoms. The molecule has 2 aromatic rings. The van der Waals surface area contributed by atoms with Crippen LogP contribution in [0.3, 0.4) is 0 Å². The Morgan fingerprint density at radius 1 is 1.25 bits per heavy atom. The van der Waals surface area contributed by atoms with Crippen molar-refractivity contribution < 1.29 is 13.2 Å². The molecule has 7 heteroatoms. The van der Waals surface area contributed by atoms with Gasteiger partial charge in [0.1, 0.15) is 0 Å². The fourth-order valence-corrected chi connectivity index (χ4v) is 4.70. The molecule has 1 heterocycles. The Hall–Kier alpha value is -1.73. The second-order valence-corrected chi connectivity index (χ2v) is 9.16. The van der Waals surface area contributed by atoms with E-state index in [9.17, 15) is 13.2 Å². The standard InChI is InChI=1S/C17H22N2O3S2/c1-14(2)13-24(21,22)11-8-16(20)18-17-19(9-10-23-17)12-15-6-4-3-5-7-15/h3-7,9-10,14H,8,11-13H2,1-2H3. The first-order chi connectivity index (χ1) is 11.4. The molecule has 1 aromatic carbocycles. The third kappa shape index (κ3) is 6.05. The first kappa shape index (κ1) is 18.6. The predicted octanol–water partition coefficient (Wildman–Crippen LogP) is 2.49. The summed E-state index contributed by atoms with van der Waals surface area (Å²) in [6.07, 6.45) is 1.80. The fourth-order valence-electron chi connectivity index (χ4n) is 2.28.